The Morgan fingerprint density at radius 1 is 1.53 bits per heavy atom. The third-order valence-electron chi connectivity index (χ3n) is 1.77. The van der Waals surface area contributed by atoms with E-state index >= 15 is 0 Å². The van der Waals surface area contributed by atoms with Gasteiger partial charge in [0.1, 0.15) is 6.33 Å². The molecule has 2 aromatic heterocycles. The van der Waals surface area contributed by atoms with Gasteiger partial charge in [-0.3, -0.25) is 9.25 Å². The fourth-order valence-electron chi connectivity index (χ4n) is 1.10. The molecule has 0 aliphatic heterocycles. The standard InChI is InChI=1S/C8H8N4O2.ClH/c1-11-3-2-7(10-11)12-4-6(8(13)14)9-5-12;/h2-5H,1H3,(H,13,14);1H. The molecule has 0 atom stereocenters. The summed E-state index contributed by atoms with van der Waals surface area (Å²) in [5, 5.41) is 12.7. The van der Waals surface area contributed by atoms with E-state index in [2.05, 4.69) is 10.1 Å². The van der Waals surface area contributed by atoms with Crippen molar-refractivity contribution in [3.63, 3.8) is 0 Å². The van der Waals surface area contributed by atoms with Crippen LogP contribution in [0.5, 0.6) is 0 Å². The predicted octanol–water partition coefficient (Wildman–Crippen LogP) is 0.726. The topological polar surface area (TPSA) is 72.9 Å². The molecule has 0 aliphatic carbocycles. The lowest BCUT2D eigenvalue weighted by Crippen LogP contribution is -1.96. The molecule has 0 radical (unpaired) electrons. The van der Waals surface area contributed by atoms with Crippen LogP contribution in [0.15, 0.2) is 24.8 Å². The van der Waals surface area contributed by atoms with Crippen molar-refractivity contribution in [2.45, 2.75) is 0 Å². The van der Waals surface area contributed by atoms with Crippen molar-refractivity contribution in [1.29, 1.82) is 0 Å². The molecule has 0 fully saturated rings. The Morgan fingerprint density at radius 2 is 2.27 bits per heavy atom. The van der Waals surface area contributed by atoms with Crippen molar-refractivity contribution in [2.75, 3.05) is 0 Å². The number of aryl methyl sites for hydroxylation is 1. The molecule has 0 saturated heterocycles. The van der Waals surface area contributed by atoms with Gasteiger partial charge in [-0.25, -0.2) is 9.78 Å². The molecule has 0 aliphatic rings. The Kier molecular flexibility index (Phi) is 3.11. The summed E-state index contributed by atoms with van der Waals surface area (Å²) in [7, 11) is 1.79. The number of aromatic carboxylic acids is 1. The van der Waals surface area contributed by atoms with E-state index in [-0.39, 0.29) is 18.1 Å². The minimum absolute atomic E-state index is 0. The number of carbonyl (C=O) groups is 1. The van der Waals surface area contributed by atoms with E-state index in [4.69, 9.17) is 5.11 Å². The smallest absolute Gasteiger partial charge is 0.356 e. The van der Waals surface area contributed by atoms with Gasteiger partial charge in [-0.2, -0.15) is 5.10 Å². The highest BCUT2D eigenvalue weighted by molar-refractivity contribution is 5.85. The van der Waals surface area contributed by atoms with Gasteiger partial charge in [0.2, 0.25) is 0 Å². The van der Waals surface area contributed by atoms with Gasteiger partial charge in [-0.05, 0) is 0 Å². The lowest BCUT2D eigenvalue weighted by atomic mass is 10.5. The maximum atomic E-state index is 10.5. The number of carboxylic acid groups (broad SMARTS) is 1. The van der Waals surface area contributed by atoms with Crippen molar-refractivity contribution < 1.29 is 9.90 Å². The van der Waals surface area contributed by atoms with E-state index in [0.29, 0.717) is 5.82 Å². The van der Waals surface area contributed by atoms with E-state index in [1.165, 1.54) is 12.5 Å². The fraction of sp³-hybridized carbons (Fsp3) is 0.125. The summed E-state index contributed by atoms with van der Waals surface area (Å²) in [5.41, 5.74) is 0.00986. The maximum Gasteiger partial charge on any atom is 0.356 e. The SMILES string of the molecule is Cl.Cn1ccc(-n2cnc(C(=O)O)c2)n1. The zero-order valence-corrected chi connectivity index (χ0v) is 8.68. The highest BCUT2D eigenvalue weighted by Gasteiger charge is 2.08. The Balaban J connectivity index is 0.00000112. The van der Waals surface area contributed by atoms with E-state index in [0.717, 1.165) is 0 Å². The minimum atomic E-state index is -1.04. The Bertz CT molecular complexity index is 476. The number of nitrogens with zero attached hydrogens (tertiary/aromatic N) is 4. The van der Waals surface area contributed by atoms with Gasteiger partial charge >= 0.3 is 5.97 Å². The van der Waals surface area contributed by atoms with Crippen LogP contribution in [0.3, 0.4) is 0 Å². The molecule has 1 N–H and O–H groups in total. The average Bonchev–Trinajstić information content (AvgIpc) is 2.70. The van der Waals surface area contributed by atoms with Crippen LogP contribution in [0.4, 0.5) is 0 Å². The van der Waals surface area contributed by atoms with Crippen LogP contribution in [-0.4, -0.2) is 30.4 Å². The van der Waals surface area contributed by atoms with Gasteiger partial charge in [0.05, 0.1) is 0 Å². The fourth-order valence-corrected chi connectivity index (χ4v) is 1.10. The van der Waals surface area contributed by atoms with Crippen LogP contribution in [0.1, 0.15) is 10.5 Å². The van der Waals surface area contributed by atoms with Gasteiger partial charge in [0.15, 0.2) is 11.5 Å². The number of aromatic nitrogens is 4. The van der Waals surface area contributed by atoms with E-state index in [1.54, 1.807) is 28.6 Å². The quantitative estimate of drug-likeness (QED) is 0.822. The van der Waals surface area contributed by atoms with E-state index < -0.39 is 5.97 Å². The molecular formula is C8H9ClN4O2. The second-order valence-electron chi connectivity index (χ2n) is 2.82. The molecule has 15 heavy (non-hydrogen) atoms. The highest BCUT2D eigenvalue weighted by Crippen LogP contribution is 2.04. The van der Waals surface area contributed by atoms with Crippen molar-refractivity contribution in [3.8, 4) is 5.82 Å². The first-order valence-electron chi connectivity index (χ1n) is 3.94. The molecule has 0 bridgehead atoms. The molecular weight excluding hydrogens is 220 g/mol. The second-order valence-corrected chi connectivity index (χ2v) is 2.82. The Labute approximate surface area is 91.6 Å². The lowest BCUT2D eigenvalue weighted by molar-refractivity contribution is 0.0691. The average molecular weight is 229 g/mol. The molecule has 0 spiro atoms. The normalized spacial score (nSPS) is 9.67. The summed E-state index contributed by atoms with van der Waals surface area (Å²) >= 11 is 0. The van der Waals surface area contributed by atoms with Gasteiger partial charge in [-0.1, -0.05) is 0 Å². The maximum absolute atomic E-state index is 10.5. The zero-order chi connectivity index (χ0) is 10.1. The Hall–Kier alpha value is -1.82. The van der Waals surface area contributed by atoms with Crippen LogP contribution in [0.25, 0.3) is 5.82 Å². The third kappa shape index (κ3) is 2.16. The molecule has 0 saturated carbocycles. The summed E-state index contributed by atoms with van der Waals surface area (Å²) < 4.78 is 3.19. The van der Waals surface area contributed by atoms with Crippen molar-refractivity contribution >= 4 is 18.4 Å². The van der Waals surface area contributed by atoms with E-state index in [9.17, 15) is 4.79 Å². The molecule has 0 aromatic carbocycles. The summed E-state index contributed by atoms with van der Waals surface area (Å²) in [4.78, 5) is 14.3. The zero-order valence-electron chi connectivity index (χ0n) is 7.86. The molecule has 2 aromatic rings. The van der Waals surface area contributed by atoms with Gasteiger partial charge in [-0.15, -0.1) is 12.4 Å². The van der Waals surface area contributed by atoms with Crippen molar-refractivity contribution in [2.24, 2.45) is 7.05 Å². The number of carboxylic acids is 1. The molecule has 80 valence electrons. The molecule has 2 rings (SSSR count). The summed E-state index contributed by atoms with van der Waals surface area (Å²) in [6.07, 6.45) is 4.62. The largest absolute Gasteiger partial charge is 0.476 e. The highest BCUT2D eigenvalue weighted by atomic mass is 35.5. The van der Waals surface area contributed by atoms with Gasteiger partial charge in [0.25, 0.3) is 0 Å². The van der Waals surface area contributed by atoms with Crippen molar-refractivity contribution in [3.05, 3.63) is 30.5 Å². The number of halogens is 1. The number of imidazole rings is 1. The van der Waals surface area contributed by atoms with E-state index in [1.807, 2.05) is 0 Å². The first-order valence-corrected chi connectivity index (χ1v) is 3.94. The van der Waals surface area contributed by atoms with Crippen LogP contribution in [0, 0.1) is 0 Å². The first-order chi connectivity index (χ1) is 6.66. The molecule has 7 heteroatoms. The molecule has 2 heterocycles. The van der Waals surface area contributed by atoms with Gasteiger partial charge in [0, 0.05) is 25.5 Å². The number of hydrogen-bond acceptors (Lipinski definition) is 3. The molecule has 0 amide bonds. The van der Waals surface area contributed by atoms with Crippen LogP contribution < -0.4 is 0 Å². The van der Waals surface area contributed by atoms with Crippen molar-refractivity contribution in [1.82, 2.24) is 19.3 Å². The lowest BCUT2D eigenvalue weighted by Gasteiger charge is -1.93. The summed E-state index contributed by atoms with van der Waals surface area (Å²) in [6, 6.07) is 1.77. The summed E-state index contributed by atoms with van der Waals surface area (Å²) in [6.45, 7) is 0. The second kappa shape index (κ2) is 4.14. The first kappa shape index (κ1) is 11.3. The number of rotatable bonds is 2. The van der Waals surface area contributed by atoms with Crippen LogP contribution in [0.2, 0.25) is 0 Å². The van der Waals surface area contributed by atoms with Crippen LogP contribution >= 0.6 is 12.4 Å². The Morgan fingerprint density at radius 3 is 2.73 bits per heavy atom. The van der Waals surface area contributed by atoms with Gasteiger partial charge < -0.3 is 5.11 Å². The number of hydrogen-bond donors (Lipinski definition) is 1. The molecule has 6 nitrogen and oxygen atoms in total. The minimum Gasteiger partial charge on any atom is -0.476 e. The predicted molar refractivity (Wildman–Crippen MR) is 54.5 cm³/mol. The molecule has 0 unspecified atom stereocenters. The van der Waals surface area contributed by atoms with Crippen LogP contribution in [-0.2, 0) is 7.05 Å². The third-order valence-corrected chi connectivity index (χ3v) is 1.77. The monoisotopic (exact) mass is 228 g/mol. The summed E-state index contributed by atoms with van der Waals surface area (Å²) in [5.74, 6) is -0.396.